The van der Waals surface area contributed by atoms with E-state index in [1.165, 1.54) is 42.5 Å². The molecule has 0 bridgehead atoms. The predicted molar refractivity (Wildman–Crippen MR) is 115 cm³/mol. The van der Waals surface area contributed by atoms with Gasteiger partial charge in [-0.25, -0.2) is 12.8 Å². The lowest BCUT2D eigenvalue weighted by atomic mass is 10.0. The Morgan fingerprint density at radius 2 is 1.77 bits per heavy atom. The number of rotatable bonds is 5. The maximum absolute atomic E-state index is 13.4. The highest BCUT2D eigenvalue weighted by Crippen LogP contribution is 2.27. The van der Waals surface area contributed by atoms with Crippen LogP contribution in [0.5, 0.6) is 0 Å². The molecular formula is C22H18FN3O4S. The van der Waals surface area contributed by atoms with Gasteiger partial charge in [-0.1, -0.05) is 18.2 Å². The zero-order valence-corrected chi connectivity index (χ0v) is 17.0. The molecule has 0 radical (unpaired) electrons. The lowest BCUT2D eigenvalue weighted by Gasteiger charge is -2.18. The van der Waals surface area contributed by atoms with Crippen LogP contribution in [0.25, 0.3) is 0 Å². The van der Waals surface area contributed by atoms with Crippen LogP contribution in [0.15, 0.2) is 71.6 Å². The second kappa shape index (κ2) is 8.19. The number of sulfonamides is 1. The summed E-state index contributed by atoms with van der Waals surface area (Å²) < 4.78 is 41.7. The zero-order valence-electron chi connectivity index (χ0n) is 16.2. The Morgan fingerprint density at radius 3 is 2.58 bits per heavy atom. The van der Waals surface area contributed by atoms with E-state index >= 15 is 0 Å². The van der Waals surface area contributed by atoms with Crippen LogP contribution in [0.1, 0.15) is 22.3 Å². The molecule has 0 aliphatic carbocycles. The fraction of sp³-hybridized carbons (Fsp3) is 0.0909. The summed E-state index contributed by atoms with van der Waals surface area (Å²) in [5.41, 5.74) is 1.73. The number of halogens is 1. The van der Waals surface area contributed by atoms with Crippen molar-refractivity contribution >= 4 is 38.9 Å². The van der Waals surface area contributed by atoms with Crippen LogP contribution in [0.2, 0.25) is 0 Å². The first-order valence-corrected chi connectivity index (χ1v) is 10.9. The summed E-state index contributed by atoms with van der Waals surface area (Å²) in [6.07, 6.45) is 0.726. The first-order chi connectivity index (χ1) is 14.8. The number of aryl methyl sites for hydroxylation is 1. The van der Waals surface area contributed by atoms with E-state index < -0.39 is 21.7 Å². The monoisotopic (exact) mass is 439 g/mol. The Morgan fingerprint density at radius 1 is 0.968 bits per heavy atom. The molecule has 1 heterocycles. The van der Waals surface area contributed by atoms with E-state index in [4.69, 9.17) is 0 Å². The van der Waals surface area contributed by atoms with Crippen molar-refractivity contribution in [2.45, 2.75) is 17.7 Å². The Hall–Kier alpha value is -3.72. The number of nitrogens with one attached hydrogen (secondary N) is 3. The number of fused-ring (bicyclic) bond motifs is 1. The lowest BCUT2D eigenvalue weighted by Crippen LogP contribution is -2.21. The number of amides is 2. The van der Waals surface area contributed by atoms with Crippen LogP contribution < -0.4 is 15.4 Å². The van der Waals surface area contributed by atoms with Crippen molar-refractivity contribution in [1.82, 2.24) is 0 Å². The first kappa shape index (κ1) is 20.5. The van der Waals surface area contributed by atoms with Crippen molar-refractivity contribution in [3.63, 3.8) is 0 Å². The minimum atomic E-state index is -4.00. The third kappa shape index (κ3) is 4.56. The smallest absolute Gasteiger partial charge is 0.261 e. The molecule has 3 aromatic rings. The Kier molecular flexibility index (Phi) is 5.43. The van der Waals surface area contributed by atoms with E-state index in [1.807, 2.05) is 0 Å². The quantitative estimate of drug-likeness (QED) is 0.563. The molecule has 0 atom stereocenters. The van der Waals surface area contributed by atoms with E-state index in [2.05, 4.69) is 15.4 Å². The van der Waals surface area contributed by atoms with Crippen LogP contribution in [0.4, 0.5) is 21.5 Å². The molecule has 1 aliphatic heterocycles. The molecule has 3 aromatic carbocycles. The molecule has 158 valence electrons. The molecule has 0 unspecified atom stereocenters. The molecular weight excluding hydrogens is 421 g/mol. The summed E-state index contributed by atoms with van der Waals surface area (Å²) in [6.45, 7) is 0. The van der Waals surface area contributed by atoms with Gasteiger partial charge < -0.3 is 10.6 Å². The highest BCUT2D eigenvalue weighted by Gasteiger charge is 2.22. The van der Waals surface area contributed by atoms with Crippen molar-refractivity contribution in [3.8, 4) is 0 Å². The van der Waals surface area contributed by atoms with Gasteiger partial charge in [0.15, 0.2) is 0 Å². The van der Waals surface area contributed by atoms with Gasteiger partial charge in [-0.15, -0.1) is 0 Å². The molecule has 3 N–H and O–H groups in total. The Bertz CT molecular complexity index is 1290. The van der Waals surface area contributed by atoms with Crippen molar-refractivity contribution in [2.24, 2.45) is 0 Å². The standard InChI is InChI=1S/C22H18FN3O4S/c23-15-4-3-5-16(13-15)24-22(28)18-6-1-2-7-20(18)26-31(29,30)17-9-10-19-14(12-17)8-11-21(27)25-19/h1-7,9-10,12-13,26H,8,11H2,(H,24,28)(H,25,27). The third-order valence-corrected chi connectivity index (χ3v) is 6.14. The van der Waals surface area contributed by atoms with Gasteiger partial charge in [0.05, 0.1) is 16.1 Å². The van der Waals surface area contributed by atoms with Crippen molar-refractivity contribution < 1.29 is 22.4 Å². The average Bonchev–Trinajstić information content (AvgIpc) is 2.73. The van der Waals surface area contributed by atoms with Crippen LogP contribution in [0.3, 0.4) is 0 Å². The Labute approximate surface area is 178 Å². The van der Waals surface area contributed by atoms with Gasteiger partial charge in [0, 0.05) is 17.8 Å². The van der Waals surface area contributed by atoms with Crippen molar-refractivity contribution in [3.05, 3.63) is 83.7 Å². The predicted octanol–water partition coefficient (Wildman–Crippen LogP) is 3.76. The largest absolute Gasteiger partial charge is 0.326 e. The van der Waals surface area contributed by atoms with E-state index in [-0.39, 0.29) is 34.2 Å². The minimum Gasteiger partial charge on any atom is -0.326 e. The van der Waals surface area contributed by atoms with Gasteiger partial charge >= 0.3 is 0 Å². The van der Waals surface area contributed by atoms with Gasteiger partial charge in [-0.05, 0) is 60.5 Å². The Balaban J connectivity index is 1.59. The molecule has 9 heteroatoms. The van der Waals surface area contributed by atoms with Gasteiger partial charge in [-0.2, -0.15) is 0 Å². The van der Waals surface area contributed by atoms with Crippen LogP contribution >= 0.6 is 0 Å². The molecule has 0 aromatic heterocycles. The summed E-state index contributed by atoms with van der Waals surface area (Å²) in [5, 5.41) is 5.26. The number of para-hydroxylation sites is 1. The number of anilines is 3. The molecule has 1 aliphatic rings. The fourth-order valence-electron chi connectivity index (χ4n) is 3.27. The van der Waals surface area contributed by atoms with Gasteiger partial charge in [-0.3, -0.25) is 14.3 Å². The molecule has 7 nitrogen and oxygen atoms in total. The topological polar surface area (TPSA) is 104 Å². The van der Waals surface area contributed by atoms with Gasteiger partial charge in [0.1, 0.15) is 5.82 Å². The SMILES string of the molecule is O=C1CCc2cc(S(=O)(=O)Nc3ccccc3C(=O)Nc3cccc(F)c3)ccc2N1. The minimum absolute atomic E-state index is 0.0164. The van der Waals surface area contributed by atoms with Gasteiger partial charge in [0.2, 0.25) is 5.91 Å². The summed E-state index contributed by atoms with van der Waals surface area (Å²) >= 11 is 0. The normalized spacial score (nSPS) is 13.1. The number of hydrogen-bond donors (Lipinski definition) is 3. The molecule has 31 heavy (non-hydrogen) atoms. The molecule has 0 spiro atoms. The van der Waals surface area contributed by atoms with E-state index in [0.29, 0.717) is 12.1 Å². The first-order valence-electron chi connectivity index (χ1n) is 9.43. The second-order valence-electron chi connectivity index (χ2n) is 6.98. The maximum Gasteiger partial charge on any atom is 0.261 e. The molecule has 0 fully saturated rings. The molecule has 4 rings (SSSR count). The summed E-state index contributed by atoms with van der Waals surface area (Å²) in [5.74, 6) is -1.20. The number of benzene rings is 3. The second-order valence-corrected chi connectivity index (χ2v) is 8.67. The van der Waals surface area contributed by atoms with Crippen molar-refractivity contribution in [2.75, 3.05) is 15.4 Å². The fourth-order valence-corrected chi connectivity index (χ4v) is 4.40. The summed E-state index contributed by atoms with van der Waals surface area (Å²) in [6, 6.07) is 16.0. The molecule has 2 amide bonds. The maximum atomic E-state index is 13.4. The molecule has 0 saturated carbocycles. The highest BCUT2D eigenvalue weighted by atomic mass is 32.2. The van der Waals surface area contributed by atoms with Crippen LogP contribution in [0, 0.1) is 5.82 Å². The summed E-state index contributed by atoms with van der Waals surface area (Å²) in [4.78, 5) is 24.2. The van der Waals surface area contributed by atoms with Crippen molar-refractivity contribution in [1.29, 1.82) is 0 Å². The lowest BCUT2D eigenvalue weighted by molar-refractivity contribution is -0.116. The third-order valence-electron chi connectivity index (χ3n) is 4.78. The van der Waals surface area contributed by atoms with E-state index in [9.17, 15) is 22.4 Å². The molecule has 0 saturated heterocycles. The summed E-state index contributed by atoms with van der Waals surface area (Å²) in [7, 11) is -4.00. The van der Waals surface area contributed by atoms with Gasteiger partial charge in [0.25, 0.3) is 15.9 Å². The number of carbonyl (C=O) groups is 2. The van der Waals surface area contributed by atoms with E-state index in [0.717, 1.165) is 11.6 Å². The van der Waals surface area contributed by atoms with Crippen LogP contribution in [-0.2, 0) is 21.2 Å². The average molecular weight is 439 g/mol. The van der Waals surface area contributed by atoms with E-state index in [1.54, 1.807) is 18.2 Å². The van der Waals surface area contributed by atoms with Crippen LogP contribution in [-0.4, -0.2) is 20.2 Å². The number of carbonyl (C=O) groups excluding carboxylic acids is 2. The zero-order chi connectivity index (χ0) is 22.0. The number of hydrogen-bond acceptors (Lipinski definition) is 4. The highest BCUT2D eigenvalue weighted by molar-refractivity contribution is 7.92.